The number of ketones is 1. The van der Waals surface area contributed by atoms with E-state index in [1.807, 2.05) is 73.6 Å². The maximum atomic E-state index is 13.8. The highest BCUT2D eigenvalue weighted by atomic mass is 16.5. The molecule has 35 heavy (non-hydrogen) atoms. The zero-order valence-corrected chi connectivity index (χ0v) is 19.8. The second-order valence-corrected chi connectivity index (χ2v) is 8.85. The minimum atomic E-state index is -0.754. The van der Waals surface area contributed by atoms with Gasteiger partial charge in [-0.1, -0.05) is 54.6 Å². The summed E-state index contributed by atoms with van der Waals surface area (Å²) in [4.78, 5) is 30.6. The summed E-state index contributed by atoms with van der Waals surface area (Å²) < 4.78 is 11.3. The van der Waals surface area contributed by atoms with Crippen molar-refractivity contribution < 1.29 is 23.8 Å². The van der Waals surface area contributed by atoms with E-state index >= 15 is 0 Å². The Morgan fingerprint density at radius 3 is 2.54 bits per heavy atom. The number of rotatable bonds is 7. The maximum Gasteiger partial charge on any atom is 0.290 e. The molecular weight excluding hydrogens is 444 g/mol. The number of ether oxygens (including phenoxy) is 1. The van der Waals surface area contributed by atoms with Gasteiger partial charge in [0, 0.05) is 18.5 Å². The standard InChI is InChI=1S/C28H26N2O5/c1-29(2)14-15-30-24(20-12-6-9-17-8-4-5-11-19(17)20)23(26(32)28(30)33)25(31)22-16-18-10-7-13-21(34-3)27(18)35-22/h4-13,16,24,32H,14-15H2,1-3H3. The lowest BCUT2D eigenvalue weighted by atomic mass is 9.91. The van der Waals surface area contributed by atoms with Crippen LogP contribution in [-0.2, 0) is 4.79 Å². The molecule has 3 aromatic carbocycles. The van der Waals surface area contributed by atoms with E-state index in [2.05, 4.69) is 0 Å². The van der Waals surface area contributed by atoms with E-state index in [1.165, 1.54) is 7.11 Å². The third-order valence-electron chi connectivity index (χ3n) is 6.41. The van der Waals surface area contributed by atoms with Crippen molar-refractivity contribution in [2.45, 2.75) is 6.04 Å². The molecule has 1 aliphatic rings. The zero-order valence-electron chi connectivity index (χ0n) is 19.8. The summed E-state index contributed by atoms with van der Waals surface area (Å²) in [5.41, 5.74) is 1.23. The summed E-state index contributed by atoms with van der Waals surface area (Å²) in [5, 5.41) is 13.6. The smallest absolute Gasteiger partial charge is 0.290 e. The molecule has 2 heterocycles. The van der Waals surface area contributed by atoms with Gasteiger partial charge in [-0.25, -0.2) is 0 Å². The number of para-hydroxylation sites is 1. The molecule has 1 amide bonds. The number of amides is 1. The van der Waals surface area contributed by atoms with E-state index in [9.17, 15) is 14.7 Å². The topological polar surface area (TPSA) is 83.2 Å². The highest BCUT2D eigenvalue weighted by Crippen LogP contribution is 2.42. The lowest BCUT2D eigenvalue weighted by Crippen LogP contribution is -2.36. The van der Waals surface area contributed by atoms with Crippen LogP contribution in [0.3, 0.4) is 0 Å². The number of methoxy groups -OCH3 is 1. The van der Waals surface area contributed by atoms with Crippen molar-refractivity contribution in [3.8, 4) is 5.75 Å². The van der Waals surface area contributed by atoms with Crippen LogP contribution >= 0.6 is 0 Å². The van der Waals surface area contributed by atoms with Crippen molar-refractivity contribution in [1.29, 1.82) is 0 Å². The Morgan fingerprint density at radius 2 is 1.77 bits per heavy atom. The fourth-order valence-electron chi connectivity index (χ4n) is 4.68. The van der Waals surface area contributed by atoms with Crippen molar-refractivity contribution >= 4 is 33.4 Å². The molecule has 0 radical (unpaired) electrons. The van der Waals surface area contributed by atoms with Gasteiger partial charge in [-0.15, -0.1) is 0 Å². The lowest BCUT2D eigenvalue weighted by molar-refractivity contribution is -0.129. The molecule has 0 spiro atoms. The van der Waals surface area contributed by atoms with Crippen molar-refractivity contribution in [3.63, 3.8) is 0 Å². The van der Waals surface area contributed by atoms with Crippen LogP contribution in [-0.4, -0.2) is 60.9 Å². The molecule has 7 nitrogen and oxygen atoms in total. The number of aliphatic hydroxyl groups is 1. The van der Waals surface area contributed by atoms with Crippen molar-refractivity contribution in [3.05, 3.63) is 89.4 Å². The number of hydrogen-bond acceptors (Lipinski definition) is 6. The van der Waals surface area contributed by atoms with Gasteiger partial charge in [-0.2, -0.15) is 0 Å². The maximum absolute atomic E-state index is 13.8. The molecule has 1 atom stereocenters. The Morgan fingerprint density at radius 1 is 1.06 bits per heavy atom. The van der Waals surface area contributed by atoms with Crippen LogP contribution in [0.25, 0.3) is 21.7 Å². The van der Waals surface area contributed by atoms with Crippen LogP contribution in [0.15, 0.2) is 82.5 Å². The molecule has 1 aliphatic heterocycles. The van der Waals surface area contributed by atoms with E-state index in [4.69, 9.17) is 9.15 Å². The van der Waals surface area contributed by atoms with Crippen LogP contribution < -0.4 is 4.74 Å². The number of nitrogens with zero attached hydrogens (tertiary/aromatic N) is 2. The Balaban J connectivity index is 1.66. The van der Waals surface area contributed by atoms with E-state index in [0.29, 0.717) is 29.8 Å². The van der Waals surface area contributed by atoms with Gasteiger partial charge in [0.15, 0.2) is 22.9 Å². The van der Waals surface area contributed by atoms with Gasteiger partial charge in [0.2, 0.25) is 5.78 Å². The fraction of sp³-hybridized carbons (Fsp3) is 0.214. The second kappa shape index (κ2) is 8.92. The van der Waals surface area contributed by atoms with Gasteiger partial charge in [0.25, 0.3) is 5.91 Å². The first kappa shape index (κ1) is 22.7. The third-order valence-corrected chi connectivity index (χ3v) is 6.41. The lowest BCUT2D eigenvalue weighted by Gasteiger charge is -2.28. The van der Waals surface area contributed by atoms with Crippen LogP contribution in [0.4, 0.5) is 0 Å². The number of hydrogen-bond donors (Lipinski definition) is 1. The Hall–Kier alpha value is -4.10. The number of likely N-dealkylation sites (N-methyl/N-ethyl adjacent to an activating group) is 1. The summed E-state index contributed by atoms with van der Waals surface area (Å²) >= 11 is 0. The molecule has 4 aromatic rings. The molecule has 178 valence electrons. The molecule has 1 aromatic heterocycles. The second-order valence-electron chi connectivity index (χ2n) is 8.85. The van der Waals surface area contributed by atoms with Gasteiger partial charge in [0.1, 0.15) is 0 Å². The van der Waals surface area contributed by atoms with E-state index in [0.717, 1.165) is 16.3 Å². The SMILES string of the molecule is COc1cccc2cc(C(=O)C3=C(O)C(=O)N(CCN(C)C)C3c3cccc4ccccc34)oc12. The third kappa shape index (κ3) is 3.84. The Bertz CT molecular complexity index is 1480. The van der Waals surface area contributed by atoms with Crippen molar-refractivity contribution in [2.75, 3.05) is 34.3 Å². The zero-order chi connectivity index (χ0) is 24.7. The largest absolute Gasteiger partial charge is 0.503 e. The van der Waals surface area contributed by atoms with Crippen LogP contribution in [0.2, 0.25) is 0 Å². The average Bonchev–Trinajstić information content (AvgIpc) is 3.41. The molecular formula is C28H26N2O5. The first-order valence-electron chi connectivity index (χ1n) is 11.4. The number of fused-ring (bicyclic) bond motifs is 2. The molecule has 1 N–H and O–H groups in total. The quantitative estimate of drug-likeness (QED) is 0.393. The first-order chi connectivity index (χ1) is 16.9. The predicted molar refractivity (Wildman–Crippen MR) is 134 cm³/mol. The highest BCUT2D eigenvalue weighted by molar-refractivity contribution is 6.16. The van der Waals surface area contributed by atoms with Gasteiger partial charge in [0.05, 0.1) is 18.7 Å². The molecule has 1 unspecified atom stereocenters. The minimum absolute atomic E-state index is 0.0168. The molecule has 0 bridgehead atoms. The van der Waals surface area contributed by atoms with Crippen LogP contribution in [0.5, 0.6) is 5.75 Å². The van der Waals surface area contributed by atoms with Gasteiger partial charge in [-0.05, 0) is 42.6 Å². The minimum Gasteiger partial charge on any atom is -0.503 e. The van der Waals surface area contributed by atoms with E-state index < -0.39 is 23.5 Å². The number of benzene rings is 3. The number of carbonyl (C=O) groups is 2. The van der Waals surface area contributed by atoms with Gasteiger partial charge in [-0.3, -0.25) is 9.59 Å². The summed E-state index contributed by atoms with van der Waals surface area (Å²) in [6.07, 6.45) is 0. The van der Waals surface area contributed by atoms with Crippen LogP contribution in [0.1, 0.15) is 22.2 Å². The Labute approximate surface area is 202 Å². The van der Waals surface area contributed by atoms with Gasteiger partial charge < -0.3 is 24.1 Å². The predicted octanol–water partition coefficient (Wildman–Crippen LogP) is 4.73. The van der Waals surface area contributed by atoms with Crippen LogP contribution in [0, 0.1) is 0 Å². The molecule has 0 saturated carbocycles. The summed E-state index contributed by atoms with van der Waals surface area (Å²) in [5.74, 6) is -1.10. The molecule has 0 aliphatic carbocycles. The fourth-order valence-corrected chi connectivity index (χ4v) is 4.68. The van der Waals surface area contributed by atoms with E-state index in [1.54, 1.807) is 17.0 Å². The summed E-state index contributed by atoms with van der Waals surface area (Å²) in [6.45, 7) is 0.915. The van der Waals surface area contributed by atoms with E-state index in [-0.39, 0.29) is 11.3 Å². The highest BCUT2D eigenvalue weighted by Gasteiger charge is 2.45. The monoisotopic (exact) mass is 470 g/mol. The number of furan rings is 1. The molecule has 0 fully saturated rings. The first-order valence-corrected chi connectivity index (χ1v) is 11.4. The molecule has 7 heteroatoms. The van der Waals surface area contributed by atoms with Crippen molar-refractivity contribution in [2.24, 2.45) is 0 Å². The summed E-state index contributed by atoms with van der Waals surface area (Å²) in [7, 11) is 5.35. The van der Waals surface area contributed by atoms with Crippen molar-refractivity contribution in [1.82, 2.24) is 9.80 Å². The number of carbonyl (C=O) groups excluding carboxylic acids is 2. The molecule has 5 rings (SSSR count). The molecule has 0 saturated heterocycles. The Kier molecular flexibility index (Phi) is 5.78. The van der Waals surface area contributed by atoms with Gasteiger partial charge >= 0.3 is 0 Å². The number of aliphatic hydroxyl groups excluding tert-OH is 1. The normalized spacial score (nSPS) is 16.2. The number of Topliss-reactive ketones (excluding diaryl/α,β-unsaturated/α-hetero) is 1. The summed E-state index contributed by atoms with van der Waals surface area (Å²) in [6, 6.07) is 19.8. The average molecular weight is 471 g/mol.